The molecule has 3 aromatic carbocycles. The SMILES string of the molecule is CCCCCCCCCCCC(S)Oc1cccc2c(O)c3ccccc3c(O)c12. The lowest BCUT2D eigenvalue weighted by Crippen LogP contribution is -2.09. The van der Waals surface area contributed by atoms with Gasteiger partial charge in [0.15, 0.2) is 0 Å². The molecule has 0 saturated heterocycles. The van der Waals surface area contributed by atoms with Crippen LogP contribution in [-0.2, 0) is 0 Å². The van der Waals surface area contributed by atoms with Crippen molar-refractivity contribution in [3.8, 4) is 17.2 Å². The summed E-state index contributed by atoms with van der Waals surface area (Å²) in [6, 6.07) is 12.8. The molecule has 2 N–H and O–H groups in total. The van der Waals surface area contributed by atoms with E-state index in [1.54, 1.807) is 12.1 Å². The van der Waals surface area contributed by atoms with Crippen molar-refractivity contribution in [2.45, 2.75) is 76.6 Å². The number of hydrogen-bond donors (Lipinski definition) is 3. The highest BCUT2D eigenvalue weighted by Crippen LogP contribution is 2.45. The number of rotatable bonds is 12. The lowest BCUT2D eigenvalue weighted by atomic mass is 10.00. The summed E-state index contributed by atoms with van der Waals surface area (Å²) in [5.41, 5.74) is -0.242. The van der Waals surface area contributed by atoms with Gasteiger partial charge >= 0.3 is 0 Å². The molecule has 0 amide bonds. The molecule has 4 heteroatoms. The number of phenolic OH excluding ortho intramolecular Hbond substituents is 2. The molecule has 0 radical (unpaired) electrons. The van der Waals surface area contributed by atoms with Gasteiger partial charge in [-0.05, 0) is 18.9 Å². The molecular weight excluding hydrogens is 392 g/mol. The van der Waals surface area contributed by atoms with E-state index in [-0.39, 0.29) is 16.9 Å². The molecule has 30 heavy (non-hydrogen) atoms. The molecule has 3 rings (SSSR count). The van der Waals surface area contributed by atoms with Crippen LogP contribution in [-0.4, -0.2) is 15.6 Å². The van der Waals surface area contributed by atoms with Gasteiger partial charge < -0.3 is 14.9 Å². The van der Waals surface area contributed by atoms with Gasteiger partial charge in [0, 0.05) is 16.2 Å². The van der Waals surface area contributed by atoms with Crippen LogP contribution in [0.4, 0.5) is 0 Å². The van der Waals surface area contributed by atoms with E-state index in [0.29, 0.717) is 27.3 Å². The van der Waals surface area contributed by atoms with Crippen LogP contribution in [0, 0.1) is 0 Å². The van der Waals surface area contributed by atoms with Gasteiger partial charge in [-0.25, -0.2) is 0 Å². The zero-order chi connectivity index (χ0) is 21.3. The van der Waals surface area contributed by atoms with Gasteiger partial charge in [0.2, 0.25) is 0 Å². The molecule has 0 fully saturated rings. The van der Waals surface area contributed by atoms with Crippen molar-refractivity contribution in [1.29, 1.82) is 0 Å². The van der Waals surface area contributed by atoms with E-state index >= 15 is 0 Å². The van der Waals surface area contributed by atoms with Crippen LogP contribution >= 0.6 is 12.6 Å². The largest absolute Gasteiger partial charge is 0.507 e. The molecule has 3 aromatic rings. The molecular formula is C26H34O3S. The summed E-state index contributed by atoms with van der Waals surface area (Å²) in [5, 5.41) is 23.9. The van der Waals surface area contributed by atoms with Gasteiger partial charge in [0.05, 0.1) is 5.39 Å². The number of benzene rings is 3. The average molecular weight is 427 g/mol. The van der Waals surface area contributed by atoms with Crippen LogP contribution in [0.15, 0.2) is 42.5 Å². The molecule has 1 unspecified atom stereocenters. The Balaban J connectivity index is 1.58. The summed E-state index contributed by atoms with van der Waals surface area (Å²) in [7, 11) is 0. The molecule has 0 aliphatic carbocycles. The third-order valence-electron chi connectivity index (χ3n) is 5.77. The number of phenols is 2. The Morgan fingerprint density at radius 1 is 0.733 bits per heavy atom. The monoisotopic (exact) mass is 426 g/mol. The Hall–Kier alpha value is -2.07. The van der Waals surface area contributed by atoms with Gasteiger partial charge in [-0.15, -0.1) is 12.6 Å². The number of hydrogen-bond acceptors (Lipinski definition) is 4. The van der Waals surface area contributed by atoms with Crippen molar-refractivity contribution >= 4 is 34.2 Å². The highest BCUT2D eigenvalue weighted by atomic mass is 32.1. The number of ether oxygens (including phenoxy) is 1. The van der Waals surface area contributed by atoms with E-state index in [1.807, 2.05) is 30.3 Å². The summed E-state index contributed by atoms with van der Waals surface area (Å²) in [5.74, 6) is 0.859. The molecule has 0 spiro atoms. The molecule has 0 saturated carbocycles. The number of aromatic hydroxyl groups is 2. The van der Waals surface area contributed by atoms with E-state index < -0.39 is 0 Å². The normalized spacial score (nSPS) is 12.5. The summed E-state index contributed by atoms with van der Waals surface area (Å²) in [6.07, 6.45) is 12.4. The smallest absolute Gasteiger partial charge is 0.141 e. The molecule has 3 nitrogen and oxygen atoms in total. The van der Waals surface area contributed by atoms with Crippen molar-refractivity contribution in [3.05, 3.63) is 42.5 Å². The predicted octanol–water partition coefficient (Wildman–Crippen LogP) is 7.96. The molecule has 0 aliphatic heterocycles. The highest BCUT2D eigenvalue weighted by Gasteiger charge is 2.17. The Labute approximate surface area is 185 Å². The van der Waals surface area contributed by atoms with Crippen molar-refractivity contribution in [2.24, 2.45) is 0 Å². The predicted molar refractivity (Wildman–Crippen MR) is 130 cm³/mol. The Morgan fingerprint density at radius 3 is 1.97 bits per heavy atom. The maximum atomic E-state index is 10.9. The first-order chi connectivity index (χ1) is 14.6. The van der Waals surface area contributed by atoms with Gasteiger partial charge in [0.1, 0.15) is 22.7 Å². The van der Waals surface area contributed by atoms with Crippen LogP contribution in [0.2, 0.25) is 0 Å². The van der Waals surface area contributed by atoms with E-state index in [2.05, 4.69) is 19.6 Å². The van der Waals surface area contributed by atoms with Crippen LogP contribution in [0.5, 0.6) is 17.2 Å². The third-order valence-corrected chi connectivity index (χ3v) is 6.14. The topological polar surface area (TPSA) is 49.7 Å². The molecule has 0 aliphatic rings. The number of thiol groups is 1. The molecule has 0 aromatic heterocycles. The maximum Gasteiger partial charge on any atom is 0.141 e. The van der Waals surface area contributed by atoms with E-state index in [4.69, 9.17) is 4.74 Å². The Kier molecular flexibility index (Phi) is 8.56. The first-order valence-corrected chi connectivity index (χ1v) is 11.8. The van der Waals surface area contributed by atoms with Crippen LogP contribution in [0.3, 0.4) is 0 Å². The summed E-state index contributed by atoms with van der Waals surface area (Å²) in [4.78, 5) is 0. The fraction of sp³-hybridized carbons (Fsp3) is 0.462. The minimum atomic E-state index is -0.242. The second kappa shape index (κ2) is 11.4. The quantitative estimate of drug-likeness (QED) is 0.0905. The number of fused-ring (bicyclic) bond motifs is 2. The average Bonchev–Trinajstić information content (AvgIpc) is 2.76. The Bertz CT molecular complexity index is 954. The summed E-state index contributed by atoms with van der Waals surface area (Å²) >= 11 is 4.62. The summed E-state index contributed by atoms with van der Waals surface area (Å²) in [6.45, 7) is 2.25. The van der Waals surface area contributed by atoms with Gasteiger partial charge in [-0.3, -0.25) is 0 Å². The van der Waals surface area contributed by atoms with Crippen molar-refractivity contribution in [3.63, 3.8) is 0 Å². The first kappa shape index (κ1) is 22.6. The lowest BCUT2D eigenvalue weighted by molar-refractivity contribution is 0.276. The van der Waals surface area contributed by atoms with Crippen molar-refractivity contribution in [2.75, 3.05) is 0 Å². The molecule has 1 atom stereocenters. The zero-order valence-corrected chi connectivity index (χ0v) is 18.8. The molecule has 0 bridgehead atoms. The fourth-order valence-corrected chi connectivity index (χ4v) is 4.38. The van der Waals surface area contributed by atoms with Gasteiger partial charge in [0.25, 0.3) is 0 Å². The fourth-order valence-electron chi connectivity index (χ4n) is 4.08. The second-order valence-electron chi connectivity index (χ2n) is 8.11. The van der Waals surface area contributed by atoms with Crippen LogP contribution in [0.1, 0.15) is 71.1 Å². The first-order valence-electron chi connectivity index (χ1n) is 11.3. The summed E-state index contributed by atoms with van der Waals surface area (Å²) < 4.78 is 6.08. The second-order valence-corrected chi connectivity index (χ2v) is 8.69. The van der Waals surface area contributed by atoms with Crippen LogP contribution < -0.4 is 4.74 Å². The maximum absolute atomic E-state index is 10.9. The van der Waals surface area contributed by atoms with E-state index in [1.165, 1.54) is 51.4 Å². The minimum Gasteiger partial charge on any atom is -0.507 e. The lowest BCUT2D eigenvalue weighted by Gasteiger charge is -2.17. The van der Waals surface area contributed by atoms with Gasteiger partial charge in [-0.1, -0.05) is 94.7 Å². The number of unbranched alkanes of at least 4 members (excludes halogenated alkanes) is 8. The van der Waals surface area contributed by atoms with E-state index in [0.717, 1.165) is 12.8 Å². The van der Waals surface area contributed by atoms with Crippen molar-refractivity contribution < 1.29 is 14.9 Å². The third kappa shape index (κ3) is 5.54. The zero-order valence-electron chi connectivity index (χ0n) is 17.9. The van der Waals surface area contributed by atoms with Crippen LogP contribution in [0.25, 0.3) is 21.5 Å². The van der Waals surface area contributed by atoms with Gasteiger partial charge in [-0.2, -0.15) is 0 Å². The van der Waals surface area contributed by atoms with E-state index in [9.17, 15) is 10.2 Å². The highest BCUT2D eigenvalue weighted by molar-refractivity contribution is 7.80. The standard InChI is InChI=1S/C26H34O3S/c1-2-3-4-5-6-7-8-9-10-18-23(30)29-22-17-13-16-21-24(22)26(28)20-15-12-11-14-19(20)25(21)27/h11-17,23,27-28,30H,2-10,18H2,1H3. The van der Waals surface area contributed by atoms with Crippen molar-refractivity contribution in [1.82, 2.24) is 0 Å². The Morgan fingerprint density at radius 2 is 1.30 bits per heavy atom. The minimum absolute atomic E-state index is 0.137. The molecule has 162 valence electrons. The molecule has 0 heterocycles.